The van der Waals surface area contributed by atoms with Gasteiger partial charge in [0.15, 0.2) is 6.10 Å². The summed E-state index contributed by atoms with van der Waals surface area (Å²) in [7, 11) is 3.22. The Bertz CT molecular complexity index is 706. The summed E-state index contributed by atoms with van der Waals surface area (Å²) in [6.07, 6.45) is -0.460. The number of hydrogen-bond donors (Lipinski definition) is 0. The molecule has 0 bridgehead atoms. The molecule has 3 rings (SSSR count). The van der Waals surface area contributed by atoms with E-state index in [0.717, 1.165) is 22.4 Å². The van der Waals surface area contributed by atoms with E-state index in [9.17, 15) is 4.79 Å². The minimum atomic E-state index is -0.460. The Balaban J connectivity index is 2.15. The number of ether oxygens (including phenoxy) is 3. The Morgan fingerprint density at radius 3 is 2.43 bits per heavy atom. The molecule has 0 N–H and O–H groups in total. The van der Waals surface area contributed by atoms with Gasteiger partial charge in [-0.3, -0.25) is 0 Å². The predicted octanol–water partition coefficient (Wildman–Crippen LogP) is 3.27. The van der Waals surface area contributed by atoms with Crippen LogP contribution in [0, 0.1) is 6.92 Å². The standard InChI is InChI=1S/C17H16O4/c1-10-8-15(20-3)13(9-14(10)19-2)16-11-6-4-5-7-12(11)17(18)21-16/h4-9,16H,1-3H3/t16-/m1/s1. The lowest BCUT2D eigenvalue weighted by molar-refractivity contribution is 0.0452. The van der Waals surface area contributed by atoms with Gasteiger partial charge in [-0.25, -0.2) is 4.79 Å². The highest BCUT2D eigenvalue weighted by Crippen LogP contribution is 2.41. The normalized spacial score (nSPS) is 16.3. The lowest BCUT2D eigenvalue weighted by Crippen LogP contribution is -2.04. The van der Waals surface area contributed by atoms with Gasteiger partial charge in [0.2, 0.25) is 0 Å². The van der Waals surface area contributed by atoms with Gasteiger partial charge in [0.05, 0.1) is 19.8 Å². The van der Waals surface area contributed by atoms with Crippen molar-refractivity contribution in [2.75, 3.05) is 14.2 Å². The van der Waals surface area contributed by atoms with E-state index in [2.05, 4.69) is 0 Å². The quantitative estimate of drug-likeness (QED) is 0.811. The summed E-state index contributed by atoms with van der Waals surface area (Å²) in [6, 6.07) is 11.2. The molecule has 1 atom stereocenters. The first-order valence-corrected chi connectivity index (χ1v) is 6.68. The van der Waals surface area contributed by atoms with Gasteiger partial charge in [-0.15, -0.1) is 0 Å². The van der Waals surface area contributed by atoms with Crippen molar-refractivity contribution >= 4 is 5.97 Å². The zero-order valence-corrected chi connectivity index (χ0v) is 12.2. The molecule has 108 valence electrons. The van der Waals surface area contributed by atoms with E-state index in [-0.39, 0.29) is 5.97 Å². The fourth-order valence-electron chi connectivity index (χ4n) is 2.66. The fraction of sp³-hybridized carbons (Fsp3) is 0.235. The molecule has 0 fully saturated rings. The molecule has 1 aliphatic heterocycles. The van der Waals surface area contributed by atoms with E-state index in [0.29, 0.717) is 11.3 Å². The van der Waals surface area contributed by atoms with Crippen LogP contribution in [0.25, 0.3) is 0 Å². The smallest absolute Gasteiger partial charge is 0.339 e. The van der Waals surface area contributed by atoms with Gasteiger partial charge >= 0.3 is 5.97 Å². The molecule has 4 heteroatoms. The number of carbonyl (C=O) groups excluding carboxylic acids is 1. The average Bonchev–Trinajstić information content (AvgIpc) is 2.84. The summed E-state index contributed by atoms with van der Waals surface area (Å²) >= 11 is 0. The van der Waals surface area contributed by atoms with Crippen LogP contribution in [0.5, 0.6) is 11.5 Å². The maximum absolute atomic E-state index is 12.0. The van der Waals surface area contributed by atoms with Crippen LogP contribution in [0.3, 0.4) is 0 Å². The van der Waals surface area contributed by atoms with E-state index in [1.807, 2.05) is 37.3 Å². The number of fused-ring (bicyclic) bond motifs is 1. The molecule has 21 heavy (non-hydrogen) atoms. The van der Waals surface area contributed by atoms with Crippen molar-refractivity contribution < 1.29 is 19.0 Å². The Hall–Kier alpha value is -2.49. The highest BCUT2D eigenvalue weighted by molar-refractivity contribution is 5.94. The van der Waals surface area contributed by atoms with Gasteiger partial charge in [-0.05, 0) is 30.7 Å². The molecule has 0 saturated heterocycles. The molecule has 0 aromatic heterocycles. The molecule has 0 unspecified atom stereocenters. The van der Waals surface area contributed by atoms with Crippen molar-refractivity contribution in [3.05, 3.63) is 58.7 Å². The van der Waals surface area contributed by atoms with E-state index >= 15 is 0 Å². The molecule has 0 radical (unpaired) electrons. The van der Waals surface area contributed by atoms with E-state index < -0.39 is 6.10 Å². The van der Waals surface area contributed by atoms with Gasteiger partial charge < -0.3 is 14.2 Å². The summed E-state index contributed by atoms with van der Waals surface area (Å²) < 4.78 is 16.3. The van der Waals surface area contributed by atoms with Crippen LogP contribution in [-0.4, -0.2) is 20.2 Å². The van der Waals surface area contributed by atoms with E-state index in [4.69, 9.17) is 14.2 Å². The molecule has 0 saturated carbocycles. The first-order chi connectivity index (χ1) is 10.2. The van der Waals surface area contributed by atoms with Crippen LogP contribution >= 0.6 is 0 Å². The molecule has 2 aromatic rings. The minimum absolute atomic E-state index is 0.308. The zero-order valence-electron chi connectivity index (χ0n) is 12.2. The van der Waals surface area contributed by atoms with Crippen molar-refractivity contribution in [1.29, 1.82) is 0 Å². The Morgan fingerprint density at radius 1 is 1.00 bits per heavy atom. The van der Waals surface area contributed by atoms with Crippen LogP contribution in [-0.2, 0) is 4.74 Å². The number of carbonyl (C=O) groups is 1. The first kappa shape index (κ1) is 13.5. The number of hydrogen-bond acceptors (Lipinski definition) is 4. The minimum Gasteiger partial charge on any atom is -0.496 e. The van der Waals surface area contributed by atoms with Crippen molar-refractivity contribution in [3.63, 3.8) is 0 Å². The Kier molecular flexibility index (Phi) is 3.29. The number of aryl methyl sites for hydroxylation is 1. The molecule has 1 heterocycles. The SMILES string of the molecule is COc1cc([C@@H]2OC(=O)c3ccccc32)c(OC)cc1C. The van der Waals surface area contributed by atoms with E-state index in [1.165, 1.54) is 0 Å². The fourth-order valence-corrected chi connectivity index (χ4v) is 2.66. The third-order valence-electron chi connectivity index (χ3n) is 3.72. The van der Waals surface area contributed by atoms with Crippen molar-refractivity contribution in [1.82, 2.24) is 0 Å². The summed E-state index contributed by atoms with van der Waals surface area (Å²) in [4.78, 5) is 12.0. The van der Waals surface area contributed by atoms with Crippen molar-refractivity contribution in [3.8, 4) is 11.5 Å². The van der Waals surface area contributed by atoms with Crippen LogP contribution in [0.1, 0.15) is 33.2 Å². The maximum atomic E-state index is 12.0. The molecular formula is C17H16O4. The van der Waals surface area contributed by atoms with Crippen LogP contribution in [0.4, 0.5) is 0 Å². The molecule has 1 aliphatic rings. The number of cyclic esters (lactones) is 1. The predicted molar refractivity (Wildman–Crippen MR) is 78.0 cm³/mol. The topological polar surface area (TPSA) is 44.8 Å². The Labute approximate surface area is 123 Å². The van der Waals surface area contributed by atoms with Crippen LogP contribution in [0.2, 0.25) is 0 Å². The summed E-state index contributed by atoms with van der Waals surface area (Å²) in [6.45, 7) is 1.94. The lowest BCUT2D eigenvalue weighted by atomic mass is 9.97. The zero-order chi connectivity index (χ0) is 15.0. The summed E-state index contributed by atoms with van der Waals surface area (Å²) in [5.74, 6) is 1.12. The molecule has 0 spiro atoms. The molecule has 2 aromatic carbocycles. The second-order valence-corrected chi connectivity index (χ2v) is 4.94. The van der Waals surface area contributed by atoms with Crippen molar-refractivity contribution in [2.45, 2.75) is 13.0 Å². The Morgan fingerprint density at radius 2 is 1.71 bits per heavy atom. The number of benzene rings is 2. The summed E-state index contributed by atoms with van der Waals surface area (Å²) in [5.41, 5.74) is 3.21. The van der Waals surface area contributed by atoms with Crippen LogP contribution in [0.15, 0.2) is 36.4 Å². The monoisotopic (exact) mass is 284 g/mol. The largest absolute Gasteiger partial charge is 0.496 e. The second kappa shape index (κ2) is 5.13. The van der Waals surface area contributed by atoms with Gasteiger partial charge in [0.1, 0.15) is 11.5 Å². The number of methoxy groups -OCH3 is 2. The van der Waals surface area contributed by atoms with Crippen LogP contribution < -0.4 is 9.47 Å². The van der Waals surface area contributed by atoms with Gasteiger partial charge in [0.25, 0.3) is 0 Å². The number of rotatable bonds is 3. The number of esters is 1. The second-order valence-electron chi connectivity index (χ2n) is 4.94. The first-order valence-electron chi connectivity index (χ1n) is 6.68. The third kappa shape index (κ3) is 2.13. The highest BCUT2D eigenvalue weighted by Gasteiger charge is 2.34. The summed E-state index contributed by atoms with van der Waals surface area (Å²) in [5, 5.41) is 0. The van der Waals surface area contributed by atoms with Gasteiger partial charge in [0, 0.05) is 11.1 Å². The lowest BCUT2D eigenvalue weighted by Gasteiger charge is -2.17. The van der Waals surface area contributed by atoms with Gasteiger partial charge in [-0.1, -0.05) is 18.2 Å². The van der Waals surface area contributed by atoms with E-state index in [1.54, 1.807) is 20.3 Å². The van der Waals surface area contributed by atoms with Gasteiger partial charge in [-0.2, -0.15) is 0 Å². The maximum Gasteiger partial charge on any atom is 0.339 e. The molecule has 0 aliphatic carbocycles. The third-order valence-corrected chi connectivity index (χ3v) is 3.72. The molecule has 0 amide bonds. The molecule has 4 nitrogen and oxygen atoms in total. The molecular weight excluding hydrogens is 268 g/mol. The van der Waals surface area contributed by atoms with Crippen molar-refractivity contribution in [2.24, 2.45) is 0 Å². The average molecular weight is 284 g/mol. The highest BCUT2D eigenvalue weighted by atomic mass is 16.6.